The SMILES string of the molecule is CN1CCCc2c1nc(N1CCC3(CC1)C(=O)Nc1cccc(F)c13)[nH]c2=O. The zero-order valence-corrected chi connectivity index (χ0v) is 15.7. The molecule has 0 radical (unpaired) electrons. The largest absolute Gasteiger partial charge is 0.359 e. The molecule has 1 spiro atoms. The number of carbonyl (C=O) groups is 1. The third-order valence-electron chi connectivity index (χ3n) is 6.35. The van der Waals surface area contributed by atoms with Crippen molar-refractivity contribution in [3.8, 4) is 0 Å². The molecule has 1 aromatic heterocycles. The number of halogens is 1. The van der Waals surface area contributed by atoms with Gasteiger partial charge >= 0.3 is 0 Å². The zero-order chi connectivity index (χ0) is 19.5. The van der Waals surface area contributed by atoms with Crippen LogP contribution in [0.2, 0.25) is 0 Å². The molecule has 7 nitrogen and oxygen atoms in total. The fourth-order valence-corrected chi connectivity index (χ4v) is 4.81. The first-order chi connectivity index (χ1) is 13.5. The molecule has 1 aromatic carbocycles. The lowest BCUT2D eigenvalue weighted by Gasteiger charge is -2.38. The van der Waals surface area contributed by atoms with Crippen LogP contribution in [0.15, 0.2) is 23.0 Å². The van der Waals surface area contributed by atoms with E-state index in [1.807, 2.05) is 16.8 Å². The van der Waals surface area contributed by atoms with E-state index in [0.717, 1.165) is 30.8 Å². The number of piperidine rings is 1. The van der Waals surface area contributed by atoms with Gasteiger partial charge in [0.05, 0.1) is 11.0 Å². The van der Waals surface area contributed by atoms with Gasteiger partial charge < -0.3 is 15.1 Å². The summed E-state index contributed by atoms with van der Waals surface area (Å²) in [5, 5.41) is 2.83. The fourth-order valence-electron chi connectivity index (χ4n) is 4.81. The van der Waals surface area contributed by atoms with Crippen LogP contribution in [0, 0.1) is 5.82 Å². The minimum absolute atomic E-state index is 0.0955. The number of amides is 1. The number of hydrogen-bond acceptors (Lipinski definition) is 5. The van der Waals surface area contributed by atoms with Gasteiger partial charge in [-0.05, 0) is 37.8 Å². The third kappa shape index (κ3) is 2.36. The van der Waals surface area contributed by atoms with Crippen LogP contribution in [0.4, 0.5) is 21.8 Å². The Kier molecular flexibility index (Phi) is 3.72. The minimum Gasteiger partial charge on any atom is -0.359 e. The summed E-state index contributed by atoms with van der Waals surface area (Å²) in [5.41, 5.74) is 0.841. The Balaban J connectivity index is 1.45. The highest BCUT2D eigenvalue weighted by molar-refractivity contribution is 6.06. The van der Waals surface area contributed by atoms with Crippen LogP contribution in [0.5, 0.6) is 0 Å². The van der Waals surface area contributed by atoms with Crippen molar-refractivity contribution >= 4 is 23.4 Å². The number of fused-ring (bicyclic) bond motifs is 3. The van der Waals surface area contributed by atoms with E-state index >= 15 is 0 Å². The molecular formula is C20H22FN5O2. The third-order valence-corrected chi connectivity index (χ3v) is 6.35. The van der Waals surface area contributed by atoms with Crippen molar-refractivity contribution in [3.63, 3.8) is 0 Å². The van der Waals surface area contributed by atoms with Crippen LogP contribution < -0.4 is 20.7 Å². The summed E-state index contributed by atoms with van der Waals surface area (Å²) in [4.78, 5) is 36.8. The molecule has 0 saturated carbocycles. The first-order valence-corrected chi connectivity index (χ1v) is 9.69. The Labute approximate surface area is 161 Å². The van der Waals surface area contributed by atoms with Crippen LogP contribution in [0.1, 0.15) is 30.4 Å². The van der Waals surface area contributed by atoms with Crippen molar-refractivity contribution < 1.29 is 9.18 Å². The number of nitrogens with zero attached hydrogens (tertiary/aromatic N) is 3. The number of carbonyl (C=O) groups excluding carboxylic acids is 1. The number of H-pyrrole nitrogens is 1. The van der Waals surface area contributed by atoms with Gasteiger partial charge in [-0.3, -0.25) is 14.6 Å². The predicted octanol–water partition coefficient (Wildman–Crippen LogP) is 1.78. The molecule has 0 atom stereocenters. The molecule has 28 heavy (non-hydrogen) atoms. The van der Waals surface area contributed by atoms with Gasteiger partial charge in [0.25, 0.3) is 5.56 Å². The maximum atomic E-state index is 14.5. The molecule has 0 aliphatic carbocycles. The summed E-state index contributed by atoms with van der Waals surface area (Å²) in [5.74, 6) is 0.782. The minimum atomic E-state index is -0.845. The molecule has 0 unspecified atom stereocenters. The van der Waals surface area contributed by atoms with Crippen molar-refractivity contribution in [1.82, 2.24) is 9.97 Å². The number of anilines is 3. The molecule has 5 rings (SSSR count). The van der Waals surface area contributed by atoms with E-state index < -0.39 is 5.41 Å². The predicted molar refractivity (Wildman–Crippen MR) is 105 cm³/mol. The molecule has 8 heteroatoms. The molecule has 0 bridgehead atoms. The van der Waals surface area contributed by atoms with Gasteiger partial charge in [0.15, 0.2) is 0 Å². The number of aromatic amines is 1. The molecule has 1 saturated heterocycles. The molecule has 2 N–H and O–H groups in total. The molecule has 3 aliphatic heterocycles. The second-order valence-electron chi connectivity index (χ2n) is 7.90. The molecule has 2 aromatic rings. The van der Waals surface area contributed by atoms with Gasteiger partial charge in [0, 0.05) is 37.9 Å². The lowest BCUT2D eigenvalue weighted by molar-refractivity contribution is -0.121. The topological polar surface area (TPSA) is 81.3 Å². The zero-order valence-electron chi connectivity index (χ0n) is 15.7. The van der Waals surface area contributed by atoms with Gasteiger partial charge in [0.1, 0.15) is 11.6 Å². The lowest BCUT2D eigenvalue weighted by atomic mass is 9.73. The van der Waals surface area contributed by atoms with Crippen LogP contribution >= 0.6 is 0 Å². The van der Waals surface area contributed by atoms with Crippen molar-refractivity contribution in [2.75, 3.05) is 41.8 Å². The molecule has 3 aliphatic rings. The van der Waals surface area contributed by atoms with Crippen LogP contribution in [-0.2, 0) is 16.6 Å². The molecule has 146 valence electrons. The number of benzene rings is 1. The van der Waals surface area contributed by atoms with E-state index in [9.17, 15) is 14.0 Å². The highest BCUT2D eigenvalue weighted by atomic mass is 19.1. The Bertz CT molecular complexity index is 1030. The van der Waals surface area contributed by atoms with E-state index in [-0.39, 0.29) is 17.3 Å². The van der Waals surface area contributed by atoms with Crippen LogP contribution in [0.3, 0.4) is 0 Å². The number of rotatable bonds is 1. The van der Waals surface area contributed by atoms with Gasteiger partial charge in [-0.2, -0.15) is 4.98 Å². The van der Waals surface area contributed by atoms with Gasteiger partial charge in [-0.15, -0.1) is 0 Å². The lowest BCUT2D eigenvalue weighted by Crippen LogP contribution is -2.47. The van der Waals surface area contributed by atoms with Crippen molar-refractivity contribution in [1.29, 1.82) is 0 Å². The molecule has 4 heterocycles. The number of nitrogens with one attached hydrogen (secondary N) is 2. The number of hydrogen-bond donors (Lipinski definition) is 2. The summed E-state index contributed by atoms with van der Waals surface area (Å²) < 4.78 is 14.5. The quantitative estimate of drug-likeness (QED) is 0.785. The van der Waals surface area contributed by atoms with Gasteiger partial charge in [-0.1, -0.05) is 6.07 Å². The summed E-state index contributed by atoms with van der Waals surface area (Å²) in [6.45, 7) is 1.92. The Morgan fingerprint density at radius 3 is 2.75 bits per heavy atom. The maximum Gasteiger partial charge on any atom is 0.257 e. The van der Waals surface area contributed by atoms with E-state index in [4.69, 9.17) is 4.98 Å². The molecule has 1 amide bonds. The van der Waals surface area contributed by atoms with Crippen LogP contribution in [0.25, 0.3) is 0 Å². The van der Waals surface area contributed by atoms with E-state index in [0.29, 0.717) is 43.1 Å². The standard InChI is InChI=1S/C20H22FN5O2/c1-25-9-3-4-12-16(25)23-19(24-17(12)27)26-10-7-20(8-11-26)15-13(21)5-2-6-14(15)22-18(20)28/h2,5-6H,3-4,7-11H2,1H3,(H,22,28)(H,23,24,27). The van der Waals surface area contributed by atoms with E-state index in [1.54, 1.807) is 12.1 Å². The van der Waals surface area contributed by atoms with Crippen molar-refractivity contribution in [2.45, 2.75) is 31.1 Å². The summed E-state index contributed by atoms with van der Waals surface area (Å²) >= 11 is 0. The second-order valence-corrected chi connectivity index (χ2v) is 7.90. The summed E-state index contributed by atoms with van der Waals surface area (Å²) in [7, 11) is 1.95. The maximum absolute atomic E-state index is 14.5. The summed E-state index contributed by atoms with van der Waals surface area (Å²) in [6.07, 6.45) is 2.63. The first-order valence-electron chi connectivity index (χ1n) is 9.69. The number of aromatic nitrogens is 2. The normalized spacial score (nSPS) is 20.1. The van der Waals surface area contributed by atoms with E-state index in [1.165, 1.54) is 6.07 Å². The highest BCUT2D eigenvalue weighted by Crippen LogP contribution is 2.46. The summed E-state index contributed by atoms with van der Waals surface area (Å²) in [6, 6.07) is 4.77. The highest BCUT2D eigenvalue weighted by Gasteiger charge is 2.50. The first kappa shape index (κ1) is 17.2. The van der Waals surface area contributed by atoms with E-state index in [2.05, 4.69) is 10.3 Å². The van der Waals surface area contributed by atoms with Crippen molar-refractivity contribution in [2.24, 2.45) is 0 Å². The fraction of sp³-hybridized carbons (Fsp3) is 0.450. The average molecular weight is 383 g/mol. The van der Waals surface area contributed by atoms with Crippen molar-refractivity contribution in [3.05, 3.63) is 45.5 Å². The Hall–Kier alpha value is -2.90. The monoisotopic (exact) mass is 383 g/mol. The van der Waals surface area contributed by atoms with Crippen LogP contribution in [-0.4, -0.2) is 42.6 Å². The average Bonchev–Trinajstić information content (AvgIpc) is 2.96. The van der Waals surface area contributed by atoms with Gasteiger partial charge in [-0.25, -0.2) is 4.39 Å². The second kappa shape index (κ2) is 6.05. The Morgan fingerprint density at radius 1 is 1.18 bits per heavy atom. The molecular weight excluding hydrogens is 361 g/mol. The van der Waals surface area contributed by atoms with Gasteiger partial charge in [0.2, 0.25) is 11.9 Å². The Morgan fingerprint density at radius 2 is 1.96 bits per heavy atom. The smallest absolute Gasteiger partial charge is 0.257 e. The molecule has 1 fully saturated rings.